The summed E-state index contributed by atoms with van der Waals surface area (Å²) in [4.78, 5) is 0. The Morgan fingerprint density at radius 2 is 1.50 bits per heavy atom. The van der Waals surface area contributed by atoms with E-state index in [0.29, 0.717) is 6.42 Å². The zero-order chi connectivity index (χ0) is 11.3. The maximum Gasteiger partial charge on any atom is 0.0855 e. The van der Waals surface area contributed by atoms with Crippen molar-refractivity contribution in [2.45, 2.75) is 45.5 Å². The van der Waals surface area contributed by atoms with Crippen molar-refractivity contribution in [2.75, 3.05) is 6.61 Å². The van der Waals surface area contributed by atoms with Crippen LogP contribution in [0.4, 0.5) is 0 Å². The molecule has 0 aromatic carbocycles. The summed E-state index contributed by atoms with van der Waals surface area (Å²) >= 11 is 0. The Labute approximate surface area is 85.2 Å². The van der Waals surface area contributed by atoms with Gasteiger partial charge in [0, 0.05) is 5.92 Å². The van der Waals surface area contributed by atoms with Crippen molar-refractivity contribution in [3.8, 4) is 0 Å². The molecule has 0 spiro atoms. The van der Waals surface area contributed by atoms with E-state index >= 15 is 0 Å². The second-order valence-corrected chi connectivity index (χ2v) is 4.04. The first-order chi connectivity index (χ1) is 6.45. The highest BCUT2D eigenvalue weighted by Gasteiger charge is 2.33. The molecule has 0 saturated carbocycles. The van der Waals surface area contributed by atoms with Gasteiger partial charge in [-0.25, -0.2) is 0 Å². The highest BCUT2D eigenvalue weighted by molar-refractivity contribution is 4.82. The van der Waals surface area contributed by atoms with Crippen molar-refractivity contribution >= 4 is 0 Å². The lowest BCUT2D eigenvalue weighted by atomic mass is 9.82. The molecule has 14 heavy (non-hydrogen) atoms. The monoisotopic (exact) mass is 206 g/mol. The van der Waals surface area contributed by atoms with Gasteiger partial charge in [-0.2, -0.15) is 0 Å². The molecule has 0 aliphatic carbocycles. The van der Waals surface area contributed by atoms with Crippen molar-refractivity contribution in [3.63, 3.8) is 0 Å². The first kappa shape index (κ1) is 13.8. The predicted octanol–water partition coefficient (Wildman–Crippen LogP) is -0.256. The van der Waals surface area contributed by atoms with Crippen LogP contribution in [-0.4, -0.2) is 45.3 Å². The maximum atomic E-state index is 9.73. The molecule has 0 aliphatic rings. The Hall–Kier alpha value is -0.160. The van der Waals surface area contributed by atoms with E-state index in [2.05, 4.69) is 0 Å². The number of aliphatic hydroxyl groups excluding tert-OH is 4. The summed E-state index contributed by atoms with van der Waals surface area (Å²) in [7, 11) is 0. The molecule has 0 aromatic heterocycles. The smallest absolute Gasteiger partial charge is 0.0855 e. The van der Waals surface area contributed by atoms with E-state index in [1.807, 2.05) is 13.8 Å². The fraction of sp³-hybridized carbons (Fsp3) is 1.00. The second kappa shape index (κ2) is 6.35. The van der Waals surface area contributed by atoms with Crippen LogP contribution in [0.25, 0.3) is 0 Å². The van der Waals surface area contributed by atoms with Gasteiger partial charge in [-0.3, -0.25) is 0 Å². The Balaban J connectivity index is 4.48. The molecule has 0 fully saturated rings. The Kier molecular flexibility index (Phi) is 6.27. The average molecular weight is 206 g/mol. The number of hydrogen-bond donors (Lipinski definition) is 4. The Morgan fingerprint density at radius 1 is 1.00 bits per heavy atom. The number of hydrogen-bond acceptors (Lipinski definition) is 4. The third-order valence-electron chi connectivity index (χ3n) is 2.61. The molecule has 0 bridgehead atoms. The van der Waals surface area contributed by atoms with E-state index in [4.69, 9.17) is 5.11 Å². The summed E-state index contributed by atoms with van der Waals surface area (Å²) in [6.07, 6.45) is -2.38. The minimum Gasteiger partial charge on any atom is -0.394 e. The fourth-order valence-corrected chi connectivity index (χ4v) is 1.69. The van der Waals surface area contributed by atoms with Gasteiger partial charge in [-0.15, -0.1) is 0 Å². The fourth-order valence-electron chi connectivity index (χ4n) is 1.69. The summed E-state index contributed by atoms with van der Waals surface area (Å²) in [5.74, 6) is -0.483. The van der Waals surface area contributed by atoms with E-state index in [1.165, 1.54) is 0 Å². The molecule has 4 N–H and O–H groups in total. The SMILES string of the molecule is CCC(O)C(O)C(C(C)C)C(O)CO. The predicted molar refractivity (Wildman–Crippen MR) is 53.7 cm³/mol. The second-order valence-electron chi connectivity index (χ2n) is 4.04. The minimum atomic E-state index is -0.984. The third-order valence-corrected chi connectivity index (χ3v) is 2.61. The average Bonchev–Trinajstić information content (AvgIpc) is 2.15. The van der Waals surface area contributed by atoms with Crippen LogP contribution in [0.15, 0.2) is 0 Å². The maximum absolute atomic E-state index is 9.73. The molecule has 4 heteroatoms. The molecule has 4 unspecified atom stereocenters. The van der Waals surface area contributed by atoms with Gasteiger partial charge in [0.05, 0.1) is 24.9 Å². The van der Waals surface area contributed by atoms with Gasteiger partial charge in [0.2, 0.25) is 0 Å². The first-order valence-corrected chi connectivity index (χ1v) is 5.10. The summed E-state index contributed by atoms with van der Waals surface area (Å²) in [5, 5.41) is 37.5. The van der Waals surface area contributed by atoms with Gasteiger partial charge in [0.1, 0.15) is 0 Å². The van der Waals surface area contributed by atoms with Gasteiger partial charge >= 0.3 is 0 Å². The Morgan fingerprint density at radius 3 is 1.79 bits per heavy atom. The molecule has 0 saturated heterocycles. The van der Waals surface area contributed by atoms with Crippen LogP contribution >= 0.6 is 0 Å². The van der Waals surface area contributed by atoms with Crippen LogP contribution < -0.4 is 0 Å². The van der Waals surface area contributed by atoms with Crippen molar-refractivity contribution in [3.05, 3.63) is 0 Å². The van der Waals surface area contributed by atoms with Crippen molar-refractivity contribution in [1.29, 1.82) is 0 Å². The third kappa shape index (κ3) is 3.53. The molecular weight excluding hydrogens is 184 g/mol. The summed E-state index contributed by atoms with van der Waals surface area (Å²) < 4.78 is 0. The van der Waals surface area contributed by atoms with Crippen molar-refractivity contribution in [1.82, 2.24) is 0 Å². The van der Waals surface area contributed by atoms with Crippen LogP contribution in [-0.2, 0) is 0 Å². The van der Waals surface area contributed by atoms with Crippen LogP contribution in [0.3, 0.4) is 0 Å². The molecule has 0 aliphatic heterocycles. The normalized spacial score (nSPS) is 20.6. The van der Waals surface area contributed by atoms with E-state index in [1.54, 1.807) is 6.92 Å². The molecule has 4 atom stereocenters. The van der Waals surface area contributed by atoms with Gasteiger partial charge in [0.15, 0.2) is 0 Å². The number of rotatable bonds is 6. The van der Waals surface area contributed by atoms with Crippen LogP contribution in [0.2, 0.25) is 0 Å². The molecule has 0 radical (unpaired) electrons. The number of aliphatic hydroxyl groups is 4. The first-order valence-electron chi connectivity index (χ1n) is 5.10. The van der Waals surface area contributed by atoms with Gasteiger partial charge in [-0.05, 0) is 12.3 Å². The highest BCUT2D eigenvalue weighted by Crippen LogP contribution is 2.22. The molecule has 0 heterocycles. The molecule has 4 nitrogen and oxygen atoms in total. The van der Waals surface area contributed by atoms with E-state index in [-0.39, 0.29) is 5.92 Å². The molecule has 0 aromatic rings. The molecule has 0 amide bonds. The van der Waals surface area contributed by atoms with Crippen molar-refractivity contribution in [2.24, 2.45) is 11.8 Å². The van der Waals surface area contributed by atoms with E-state index in [9.17, 15) is 15.3 Å². The zero-order valence-electron chi connectivity index (χ0n) is 9.09. The lowest BCUT2D eigenvalue weighted by molar-refractivity contribution is -0.0860. The van der Waals surface area contributed by atoms with Crippen LogP contribution in [0.5, 0.6) is 0 Å². The van der Waals surface area contributed by atoms with E-state index in [0.717, 1.165) is 0 Å². The van der Waals surface area contributed by atoms with Crippen molar-refractivity contribution < 1.29 is 20.4 Å². The topological polar surface area (TPSA) is 80.9 Å². The summed E-state index contributed by atoms with van der Waals surface area (Å²) in [5.41, 5.74) is 0. The largest absolute Gasteiger partial charge is 0.394 e. The quantitative estimate of drug-likeness (QED) is 0.483. The summed E-state index contributed by atoms with van der Waals surface area (Å²) in [6.45, 7) is 5.05. The van der Waals surface area contributed by atoms with E-state index < -0.39 is 30.8 Å². The summed E-state index contributed by atoms with van der Waals surface area (Å²) in [6, 6.07) is 0. The van der Waals surface area contributed by atoms with Gasteiger partial charge in [0.25, 0.3) is 0 Å². The lowest BCUT2D eigenvalue weighted by Crippen LogP contribution is -2.43. The van der Waals surface area contributed by atoms with Crippen LogP contribution in [0, 0.1) is 11.8 Å². The lowest BCUT2D eigenvalue weighted by Gasteiger charge is -2.32. The molecule has 86 valence electrons. The van der Waals surface area contributed by atoms with Gasteiger partial charge < -0.3 is 20.4 Å². The Bertz CT molecular complexity index is 149. The standard InChI is InChI=1S/C10H22O4/c1-4-7(12)10(14)9(6(2)3)8(13)5-11/h6-14H,4-5H2,1-3H3. The minimum absolute atomic E-state index is 0.00773. The highest BCUT2D eigenvalue weighted by atomic mass is 16.3. The zero-order valence-corrected chi connectivity index (χ0v) is 9.09. The molecular formula is C10H22O4. The van der Waals surface area contributed by atoms with Crippen LogP contribution in [0.1, 0.15) is 27.2 Å². The molecule has 0 rings (SSSR count). The van der Waals surface area contributed by atoms with Gasteiger partial charge in [-0.1, -0.05) is 20.8 Å².